The van der Waals surface area contributed by atoms with Gasteiger partial charge in [0, 0.05) is 19.3 Å². The normalized spacial score (nSPS) is 14.4. The number of rotatable bonds is 85. The molecule has 0 saturated heterocycles. The Hall–Kier alpha value is -4.05. The van der Waals surface area contributed by atoms with Crippen molar-refractivity contribution in [3.8, 4) is 0 Å². The number of aliphatic hydroxyl groups is 2. The van der Waals surface area contributed by atoms with Crippen LogP contribution in [0.4, 0.5) is 0 Å². The molecule has 16 nitrogen and oxygen atoms in total. The van der Waals surface area contributed by atoms with Crippen molar-refractivity contribution >= 4 is 33.6 Å². The number of allylic oxidation sites excluding steroid dienone is 20. The van der Waals surface area contributed by atoms with Crippen LogP contribution in [0.2, 0.25) is 0 Å². The maximum atomic E-state index is 13.0. The third-order valence-corrected chi connectivity index (χ3v) is 21.1. The first-order valence-electron chi connectivity index (χ1n) is 44.8. The topological polar surface area (TPSA) is 231 Å². The Morgan fingerprint density at radius 2 is 0.477 bits per heavy atom. The number of aliphatic hydroxyl groups excluding tert-OH is 2. The van der Waals surface area contributed by atoms with Crippen LogP contribution in [0.5, 0.6) is 0 Å². The van der Waals surface area contributed by atoms with Crippen molar-refractivity contribution in [2.24, 2.45) is 0 Å². The molecule has 0 aliphatic heterocycles. The Bertz CT molecular complexity index is 2500. The number of hydrogen-bond acceptors (Lipinski definition) is 14. The molecule has 4 N–H and O–H groups in total. The molecule has 0 aromatic carbocycles. The van der Waals surface area contributed by atoms with Gasteiger partial charge in [-0.1, -0.05) is 386 Å². The van der Waals surface area contributed by atoms with Crippen molar-refractivity contribution in [3.05, 3.63) is 122 Å². The lowest BCUT2D eigenvalue weighted by Crippen LogP contribution is -2.30. The van der Waals surface area contributed by atoms with Crippen LogP contribution in [-0.4, -0.2) is 95.9 Å². The second-order valence-corrected chi connectivity index (χ2v) is 32.9. The zero-order valence-electron chi connectivity index (χ0n) is 70.6. The Labute approximate surface area is 678 Å². The highest BCUT2D eigenvalue weighted by Gasteiger charge is 2.29. The number of carbonyl (C=O) groups excluding carboxylic acids is 3. The quantitative estimate of drug-likeness (QED) is 0.0146. The summed E-state index contributed by atoms with van der Waals surface area (Å²) < 4.78 is 61.4. The molecule has 0 amide bonds. The number of ether oxygens (including phenoxy) is 3. The average Bonchev–Trinajstić information content (AvgIpc) is 0.902. The second-order valence-electron chi connectivity index (χ2n) is 30.0. The summed E-state index contributed by atoms with van der Waals surface area (Å²) in [7, 11) is -9.79. The van der Waals surface area contributed by atoms with Gasteiger partial charge < -0.3 is 34.2 Å². The van der Waals surface area contributed by atoms with Gasteiger partial charge in [0.05, 0.1) is 26.4 Å². The first-order chi connectivity index (χ1) is 54.2. The van der Waals surface area contributed by atoms with Crippen molar-refractivity contribution in [1.29, 1.82) is 0 Å². The molecule has 0 rings (SSSR count). The summed E-state index contributed by atoms with van der Waals surface area (Å²) in [6, 6.07) is 0. The number of unbranched alkanes of at least 4 members (excludes halogenated alkanes) is 42. The maximum absolute atomic E-state index is 13.0. The van der Waals surface area contributed by atoms with Crippen molar-refractivity contribution in [3.63, 3.8) is 0 Å². The molecule has 18 heteroatoms. The minimum Gasteiger partial charge on any atom is -0.463 e. The van der Waals surface area contributed by atoms with Gasteiger partial charge in [0.25, 0.3) is 0 Å². The third-order valence-electron chi connectivity index (χ3n) is 19.2. The molecular formula is C93H164O16P2. The van der Waals surface area contributed by atoms with Crippen LogP contribution in [0.25, 0.3) is 0 Å². The lowest BCUT2D eigenvalue weighted by Gasteiger charge is -2.21. The van der Waals surface area contributed by atoms with E-state index < -0.39 is 91.5 Å². The molecule has 0 radical (unpaired) electrons. The van der Waals surface area contributed by atoms with E-state index in [1.54, 1.807) is 0 Å². The summed E-state index contributed by atoms with van der Waals surface area (Å²) in [5.74, 6) is -1.56. The van der Waals surface area contributed by atoms with Crippen LogP contribution in [0.1, 0.15) is 393 Å². The molecule has 0 aliphatic rings. The molecule has 5 atom stereocenters. The summed E-state index contributed by atoms with van der Waals surface area (Å²) in [5.41, 5.74) is 0. The van der Waals surface area contributed by atoms with E-state index in [-0.39, 0.29) is 19.3 Å². The molecule has 111 heavy (non-hydrogen) atoms. The molecule has 0 aromatic rings. The number of hydrogen-bond donors (Lipinski definition) is 4. The number of phosphoric ester groups is 2. The van der Waals surface area contributed by atoms with Gasteiger partial charge in [0.1, 0.15) is 25.4 Å². The Balaban J connectivity index is 4.44. The standard InChI is InChI=1S/C93H164O16P2/c1-4-7-10-13-16-19-22-25-28-30-32-34-36-38-40-41-42-43-44-45-47-49-50-52-54-56-59-61-64-67-70-73-76-79-91(96)103-82-88(94)83-105-110(99,100)106-84-89(95)85-107-111(101,102)108-87-90(109-93(98)81-78-75-72-69-66-63-58-27-24-21-18-15-12-9-6-3)86-104-92(97)80-77-74-71-68-65-62-60-57-55-53-51-48-46-39-37-35-33-31-29-26-23-20-17-14-11-8-5-2/h7-8,10-11,16-17,19-20,25-26,28-29,32-35,38-40,46,88-90,94-95H,4-6,9,12-15,18,21-24,27,30-31,36-37,41-45,47-87H2,1-3H3,(H,99,100)(H,101,102)/b10-7-,11-8-,19-16-,20-17-,28-25-,29-26-,34-32-,35-33-,40-38-,46-39-. The molecule has 0 fully saturated rings. The van der Waals surface area contributed by atoms with Gasteiger partial charge in [-0.05, 0) is 109 Å². The Morgan fingerprint density at radius 3 is 0.757 bits per heavy atom. The summed E-state index contributed by atoms with van der Waals surface area (Å²) >= 11 is 0. The Kier molecular flexibility index (Phi) is 82.2. The van der Waals surface area contributed by atoms with E-state index in [0.717, 1.165) is 141 Å². The monoisotopic (exact) mass is 1600 g/mol. The number of carbonyl (C=O) groups is 3. The van der Waals surface area contributed by atoms with Gasteiger partial charge in [-0.15, -0.1) is 0 Å². The minimum absolute atomic E-state index is 0.108. The second kappa shape index (κ2) is 85.3. The van der Waals surface area contributed by atoms with Crippen LogP contribution in [-0.2, 0) is 55.8 Å². The van der Waals surface area contributed by atoms with E-state index in [9.17, 15) is 43.5 Å². The smallest absolute Gasteiger partial charge is 0.463 e. The van der Waals surface area contributed by atoms with Gasteiger partial charge in [-0.2, -0.15) is 0 Å². The van der Waals surface area contributed by atoms with Crippen LogP contribution < -0.4 is 0 Å². The zero-order valence-corrected chi connectivity index (χ0v) is 72.4. The zero-order chi connectivity index (χ0) is 80.8. The van der Waals surface area contributed by atoms with Crippen LogP contribution in [0, 0.1) is 0 Å². The molecule has 0 heterocycles. The molecule has 0 saturated carbocycles. The Morgan fingerprint density at radius 1 is 0.261 bits per heavy atom. The van der Waals surface area contributed by atoms with E-state index in [1.807, 2.05) is 0 Å². The molecule has 5 unspecified atom stereocenters. The summed E-state index contributed by atoms with van der Waals surface area (Å²) in [4.78, 5) is 58.9. The van der Waals surface area contributed by atoms with Crippen molar-refractivity contribution in [1.82, 2.24) is 0 Å². The molecule has 0 spiro atoms. The van der Waals surface area contributed by atoms with Crippen molar-refractivity contribution in [2.75, 3.05) is 39.6 Å². The van der Waals surface area contributed by atoms with E-state index >= 15 is 0 Å². The fourth-order valence-corrected chi connectivity index (χ4v) is 14.0. The van der Waals surface area contributed by atoms with Crippen LogP contribution in [0.15, 0.2) is 122 Å². The van der Waals surface area contributed by atoms with Gasteiger partial charge in [-0.25, -0.2) is 9.13 Å². The summed E-state index contributed by atoms with van der Waals surface area (Å²) in [6.07, 6.45) is 104. The molecular weight excluding hydrogens is 1430 g/mol. The van der Waals surface area contributed by atoms with Gasteiger partial charge >= 0.3 is 33.6 Å². The van der Waals surface area contributed by atoms with Gasteiger partial charge in [0.15, 0.2) is 6.10 Å². The van der Waals surface area contributed by atoms with Gasteiger partial charge in [0.2, 0.25) is 0 Å². The minimum atomic E-state index is -4.93. The van der Waals surface area contributed by atoms with Crippen molar-refractivity contribution < 1.29 is 75.8 Å². The number of esters is 3. The van der Waals surface area contributed by atoms with E-state index in [4.69, 9.17) is 32.3 Å². The van der Waals surface area contributed by atoms with Crippen LogP contribution in [0.3, 0.4) is 0 Å². The fourth-order valence-electron chi connectivity index (χ4n) is 12.5. The highest BCUT2D eigenvalue weighted by atomic mass is 31.2. The van der Waals surface area contributed by atoms with E-state index in [1.165, 1.54) is 193 Å². The summed E-state index contributed by atoms with van der Waals surface area (Å²) in [5, 5.41) is 20.7. The SMILES string of the molecule is CC/C=C\C/C=C\C/C=C\C/C=C\C/C=C\CCCCCCCCCCCCCCCCCCCC(=O)OCC(O)COP(=O)(O)OCC(O)COP(=O)(O)OCC(COC(=O)CCCCCCCCCCCCC/C=C\C/C=C\C/C=C\C/C=C\C/C=C\CC)OC(=O)CCCCCCCCCCCCCCCCC. The predicted octanol–water partition coefficient (Wildman–Crippen LogP) is 27.2. The van der Waals surface area contributed by atoms with Gasteiger partial charge in [-0.3, -0.25) is 32.5 Å². The number of phosphoric acid groups is 2. The van der Waals surface area contributed by atoms with E-state index in [0.29, 0.717) is 19.3 Å². The van der Waals surface area contributed by atoms with Crippen LogP contribution >= 0.6 is 15.6 Å². The third kappa shape index (κ3) is 86.6. The van der Waals surface area contributed by atoms with Crippen molar-refractivity contribution in [2.45, 2.75) is 411 Å². The highest BCUT2D eigenvalue weighted by Crippen LogP contribution is 2.45. The fraction of sp³-hybridized carbons (Fsp3) is 0.753. The molecule has 0 bridgehead atoms. The first kappa shape index (κ1) is 107. The predicted molar refractivity (Wildman–Crippen MR) is 463 cm³/mol. The highest BCUT2D eigenvalue weighted by molar-refractivity contribution is 7.47. The molecule has 642 valence electrons. The maximum Gasteiger partial charge on any atom is 0.472 e. The summed E-state index contributed by atoms with van der Waals surface area (Å²) in [6.45, 7) is 2.52. The lowest BCUT2D eigenvalue weighted by atomic mass is 10.0. The first-order valence-corrected chi connectivity index (χ1v) is 47.8. The molecule has 0 aromatic heterocycles. The average molecular weight is 1600 g/mol. The lowest BCUT2D eigenvalue weighted by molar-refractivity contribution is -0.161. The molecule has 0 aliphatic carbocycles. The van der Waals surface area contributed by atoms with E-state index in [2.05, 4.69) is 142 Å². The largest absolute Gasteiger partial charge is 0.472 e.